The van der Waals surface area contributed by atoms with Gasteiger partial charge in [0.2, 0.25) is 0 Å². The molecule has 4 nitrogen and oxygen atoms in total. The summed E-state index contributed by atoms with van der Waals surface area (Å²) in [6.45, 7) is 6.27. The van der Waals surface area contributed by atoms with Crippen LogP contribution in [-0.4, -0.2) is 5.91 Å². The molecule has 0 saturated carbocycles. The molecule has 5 heteroatoms. The molecule has 2 aromatic heterocycles. The van der Waals surface area contributed by atoms with Crippen LogP contribution in [0.5, 0.6) is 5.75 Å². The fraction of sp³-hybridized carbons (Fsp3) is 0.250. The first kappa shape index (κ1) is 17.3. The first-order chi connectivity index (χ1) is 12.0. The Morgan fingerprint density at radius 3 is 2.76 bits per heavy atom. The summed E-state index contributed by atoms with van der Waals surface area (Å²) in [6.07, 6.45) is 0. The monoisotopic (exact) mass is 355 g/mol. The second kappa shape index (κ2) is 7.57. The molecule has 3 rings (SSSR count). The summed E-state index contributed by atoms with van der Waals surface area (Å²) < 4.78 is 11.3. The molecule has 3 aromatic rings. The Labute approximate surface area is 151 Å². The first-order valence-electron chi connectivity index (χ1n) is 8.16. The predicted octanol–water partition coefficient (Wildman–Crippen LogP) is 5.03. The molecule has 0 aliphatic heterocycles. The van der Waals surface area contributed by atoms with Gasteiger partial charge in [-0.2, -0.15) is 0 Å². The van der Waals surface area contributed by atoms with E-state index in [1.807, 2.05) is 56.5 Å². The minimum atomic E-state index is -0.132. The van der Waals surface area contributed by atoms with Crippen LogP contribution >= 0.6 is 11.3 Å². The van der Waals surface area contributed by atoms with Crippen LogP contribution in [0.25, 0.3) is 0 Å². The molecular formula is C20H21NO3S. The van der Waals surface area contributed by atoms with Crippen LogP contribution in [0.1, 0.15) is 45.3 Å². The summed E-state index contributed by atoms with van der Waals surface area (Å²) in [5.74, 6) is 2.23. The van der Waals surface area contributed by atoms with Gasteiger partial charge in [0.1, 0.15) is 23.9 Å². The first-order valence-corrected chi connectivity index (χ1v) is 9.04. The Balaban J connectivity index is 1.65. The highest BCUT2D eigenvalue weighted by molar-refractivity contribution is 7.09. The maximum atomic E-state index is 12.5. The number of ether oxygens (including phenoxy) is 1. The van der Waals surface area contributed by atoms with Crippen molar-refractivity contribution in [3.05, 3.63) is 75.4 Å². The summed E-state index contributed by atoms with van der Waals surface area (Å²) in [5, 5.41) is 5.03. The molecular weight excluding hydrogens is 334 g/mol. The highest BCUT2D eigenvalue weighted by Gasteiger charge is 2.16. The van der Waals surface area contributed by atoms with E-state index in [4.69, 9.17) is 9.15 Å². The van der Waals surface area contributed by atoms with Crippen molar-refractivity contribution >= 4 is 17.2 Å². The van der Waals surface area contributed by atoms with Gasteiger partial charge < -0.3 is 14.5 Å². The van der Waals surface area contributed by atoms with Crippen LogP contribution in [0.2, 0.25) is 0 Å². The fourth-order valence-corrected chi connectivity index (χ4v) is 3.33. The van der Waals surface area contributed by atoms with Crippen LogP contribution < -0.4 is 10.1 Å². The summed E-state index contributed by atoms with van der Waals surface area (Å²) in [5.41, 5.74) is 1.57. The second-order valence-corrected chi connectivity index (χ2v) is 6.99. The molecule has 0 bridgehead atoms. The molecule has 0 aliphatic rings. The van der Waals surface area contributed by atoms with E-state index >= 15 is 0 Å². The Bertz CT molecular complexity index is 852. The van der Waals surface area contributed by atoms with Crippen LogP contribution in [0, 0.1) is 13.8 Å². The van der Waals surface area contributed by atoms with Crippen molar-refractivity contribution in [2.75, 3.05) is 0 Å². The number of furan rings is 1. The molecule has 1 N–H and O–H groups in total. The van der Waals surface area contributed by atoms with E-state index in [0.29, 0.717) is 17.9 Å². The minimum absolute atomic E-state index is 0.124. The third-order valence-electron chi connectivity index (χ3n) is 3.95. The van der Waals surface area contributed by atoms with Crippen LogP contribution in [0.15, 0.2) is 52.3 Å². The fourth-order valence-electron chi connectivity index (χ4n) is 2.71. The van der Waals surface area contributed by atoms with Crippen molar-refractivity contribution < 1.29 is 13.9 Å². The van der Waals surface area contributed by atoms with Gasteiger partial charge in [0.25, 0.3) is 5.91 Å². The molecule has 1 amide bonds. The van der Waals surface area contributed by atoms with Gasteiger partial charge in [-0.25, -0.2) is 0 Å². The number of carbonyl (C=O) groups is 1. The van der Waals surface area contributed by atoms with Crippen molar-refractivity contribution in [2.24, 2.45) is 0 Å². The van der Waals surface area contributed by atoms with Crippen LogP contribution in [0.3, 0.4) is 0 Å². The lowest BCUT2D eigenvalue weighted by molar-refractivity contribution is 0.0939. The summed E-state index contributed by atoms with van der Waals surface area (Å²) >= 11 is 1.65. The average Bonchev–Trinajstić information content (AvgIpc) is 3.22. The third kappa shape index (κ3) is 4.31. The Morgan fingerprint density at radius 1 is 1.24 bits per heavy atom. The zero-order chi connectivity index (χ0) is 17.8. The van der Waals surface area contributed by atoms with E-state index in [-0.39, 0.29) is 11.9 Å². The number of aryl methyl sites for hydroxylation is 2. The number of thiophene rings is 1. The van der Waals surface area contributed by atoms with Gasteiger partial charge in [-0.15, -0.1) is 11.3 Å². The average molecular weight is 355 g/mol. The Morgan fingerprint density at radius 2 is 2.08 bits per heavy atom. The number of carbonyl (C=O) groups excluding carboxylic acids is 1. The third-order valence-corrected chi connectivity index (χ3v) is 4.80. The normalized spacial score (nSPS) is 12.0. The number of hydrogen-bond acceptors (Lipinski definition) is 4. The lowest BCUT2D eigenvalue weighted by atomic mass is 10.1. The molecule has 1 aromatic carbocycles. The second-order valence-electron chi connectivity index (χ2n) is 5.96. The van der Waals surface area contributed by atoms with Crippen molar-refractivity contribution in [1.82, 2.24) is 5.32 Å². The molecule has 130 valence electrons. The lowest BCUT2D eigenvalue weighted by Gasteiger charge is -2.14. The van der Waals surface area contributed by atoms with E-state index in [1.165, 1.54) is 0 Å². The predicted molar refractivity (Wildman–Crippen MR) is 99.2 cm³/mol. The standard InChI is InChI=1S/C20H21NO3S/c1-13-10-19(15(3)24-13)14(2)21-20(22)16-6-4-7-17(11-16)23-12-18-8-5-9-25-18/h4-11,14H,12H2,1-3H3,(H,21,22). The molecule has 0 radical (unpaired) electrons. The van der Waals surface area contributed by atoms with Crippen molar-refractivity contribution in [2.45, 2.75) is 33.4 Å². The van der Waals surface area contributed by atoms with E-state index in [0.717, 1.165) is 22.0 Å². The number of benzene rings is 1. The molecule has 0 fully saturated rings. The van der Waals surface area contributed by atoms with Gasteiger partial charge in [-0.3, -0.25) is 4.79 Å². The smallest absolute Gasteiger partial charge is 0.251 e. The number of nitrogens with one attached hydrogen (secondary N) is 1. The van der Waals surface area contributed by atoms with E-state index in [9.17, 15) is 4.79 Å². The lowest BCUT2D eigenvalue weighted by Crippen LogP contribution is -2.26. The minimum Gasteiger partial charge on any atom is -0.488 e. The molecule has 0 spiro atoms. The van der Waals surface area contributed by atoms with Gasteiger partial charge in [0.15, 0.2) is 0 Å². The van der Waals surface area contributed by atoms with Gasteiger partial charge in [-0.1, -0.05) is 12.1 Å². The van der Waals surface area contributed by atoms with E-state index in [2.05, 4.69) is 5.32 Å². The Kier molecular flexibility index (Phi) is 5.24. The zero-order valence-corrected chi connectivity index (χ0v) is 15.4. The van der Waals surface area contributed by atoms with Crippen LogP contribution in [0.4, 0.5) is 0 Å². The zero-order valence-electron chi connectivity index (χ0n) is 14.5. The summed E-state index contributed by atoms with van der Waals surface area (Å²) in [4.78, 5) is 13.7. The molecule has 0 saturated heterocycles. The molecule has 1 unspecified atom stereocenters. The highest BCUT2D eigenvalue weighted by atomic mass is 32.1. The maximum Gasteiger partial charge on any atom is 0.251 e. The number of amides is 1. The topological polar surface area (TPSA) is 51.5 Å². The van der Waals surface area contributed by atoms with E-state index < -0.39 is 0 Å². The summed E-state index contributed by atoms with van der Waals surface area (Å²) in [6, 6.07) is 13.1. The summed E-state index contributed by atoms with van der Waals surface area (Å²) in [7, 11) is 0. The van der Waals surface area contributed by atoms with Gasteiger partial charge in [0, 0.05) is 16.0 Å². The van der Waals surface area contributed by atoms with Crippen molar-refractivity contribution in [1.29, 1.82) is 0 Å². The van der Waals surface area contributed by atoms with Gasteiger partial charge >= 0.3 is 0 Å². The Hall–Kier alpha value is -2.53. The molecule has 0 aliphatic carbocycles. The van der Waals surface area contributed by atoms with Crippen LogP contribution in [-0.2, 0) is 6.61 Å². The molecule has 1 atom stereocenters. The number of hydrogen-bond donors (Lipinski definition) is 1. The quantitative estimate of drug-likeness (QED) is 0.675. The van der Waals surface area contributed by atoms with Crippen molar-refractivity contribution in [3.63, 3.8) is 0 Å². The molecule has 25 heavy (non-hydrogen) atoms. The molecule has 2 heterocycles. The SMILES string of the molecule is Cc1cc(C(C)NC(=O)c2cccc(OCc3cccs3)c2)c(C)o1. The van der Waals surface area contributed by atoms with Crippen molar-refractivity contribution in [3.8, 4) is 5.75 Å². The largest absolute Gasteiger partial charge is 0.488 e. The number of rotatable bonds is 6. The maximum absolute atomic E-state index is 12.5. The van der Waals surface area contributed by atoms with Gasteiger partial charge in [-0.05, 0) is 56.5 Å². The highest BCUT2D eigenvalue weighted by Crippen LogP contribution is 2.22. The van der Waals surface area contributed by atoms with Gasteiger partial charge in [0.05, 0.1) is 6.04 Å². The van der Waals surface area contributed by atoms with E-state index in [1.54, 1.807) is 23.5 Å².